The zero-order chi connectivity index (χ0) is 10.5. The molecule has 1 nitrogen and oxygen atoms in total. The van der Waals surface area contributed by atoms with Crippen molar-refractivity contribution in [2.24, 2.45) is 10.9 Å². The summed E-state index contributed by atoms with van der Waals surface area (Å²) in [4.78, 5) is 4.75. The number of nitrogens with zero attached hydrogens (tertiary/aromatic N) is 1. The Balaban J connectivity index is 2.06. The summed E-state index contributed by atoms with van der Waals surface area (Å²) in [6.45, 7) is 4.31. The van der Waals surface area contributed by atoms with Crippen LogP contribution in [0, 0.1) is 12.8 Å². The predicted molar refractivity (Wildman–Crippen MR) is 63.2 cm³/mol. The molecule has 1 saturated carbocycles. The van der Waals surface area contributed by atoms with Crippen LogP contribution in [-0.2, 0) is 5.54 Å². The topological polar surface area (TPSA) is 12.4 Å². The molecule has 1 heterocycles. The lowest BCUT2D eigenvalue weighted by Gasteiger charge is -2.17. The fraction of sp³-hybridized carbons (Fsp3) is 0.357. The Hall–Kier alpha value is -1.37. The molecular formula is C14H15N. The molecule has 1 heteroatoms. The molecule has 0 amide bonds. The van der Waals surface area contributed by atoms with Crippen LogP contribution in [0.5, 0.6) is 0 Å². The van der Waals surface area contributed by atoms with Crippen molar-refractivity contribution in [3.05, 3.63) is 47.0 Å². The van der Waals surface area contributed by atoms with E-state index in [1.807, 2.05) is 6.21 Å². The summed E-state index contributed by atoms with van der Waals surface area (Å²) in [5, 5.41) is 0. The van der Waals surface area contributed by atoms with Gasteiger partial charge in [-0.1, -0.05) is 30.3 Å². The first kappa shape index (κ1) is 8.90. The predicted octanol–water partition coefficient (Wildman–Crippen LogP) is 3.24. The summed E-state index contributed by atoms with van der Waals surface area (Å²) in [6, 6.07) is 8.62. The van der Waals surface area contributed by atoms with Crippen LogP contribution >= 0.6 is 0 Å². The summed E-state index contributed by atoms with van der Waals surface area (Å²) in [7, 11) is 0. The molecule has 0 saturated heterocycles. The Morgan fingerprint density at radius 2 is 2.07 bits per heavy atom. The van der Waals surface area contributed by atoms with Gasteiger partial charge in [0.1, 0.15) is 0 Å². The maximum Gasteiger partial charge on any atom is 0.0929 e. The molecule has 0 N–H and O–H groups in total. The fourth-order valence-corrected chi connectivity index (χ4v) is 2.64. The molecule has 0 radical (unpaired) electrons. The van der Waals surface area contributed by atoms with Crippen LogP contribution in [0.1, 0.15) is 24.5 Å². The average Bonchev–Trinajstić information content (AvgIpc) is 2.93. The van der Waals surface area contributed by atoms with Crippen molar-refractivity contribution in [3.63, 3.8) is 0 Å². The molecule has 15 heavy (non-hydrogen) atoms. The fourth-order valence-electron chi connectivity index (χ4n) is 2.64. The molecule has 1 aliphatic carbocycles. The Kier molecular flexibility index (Phi) is 1.67. The van der Waals surface area contributed by atoms with Crippen LogP contribution in [0.25, 0.3) is 0 Å². The van der Waals surface area contributed by atoms with E-state index in [4.69, 9.17) is 4.99 Å². The Morgan fingerprint density at radius 3 is 2.80 bits per heavy atom. The van der Waals surface area contributed by atoms with Crippen molar-refractivity contribution in [3.8, 4) is 0 Å². The van der Waals surface area contributed by atoms with Crippen molar-refractivity contribution in [1.82, 2.24) is 0 Å². The Labute approximate surface area is 90.5 Å². The lowest BCUT2D eigenvalue weighted by atomic mass is 9.96. The minimum absolute atomic E-state index is 0.102. The van der Waals surface area contributed by atoms with Crippen LogP contribution in [-0.4, -0.2) is 6.21 Å². The molecule has 1 aliphatic heterocycles. The maximum atomic E-state index is 4.75. The molecule has 1 aromatic carbocycles. The smallest absolute Gasteiger partial charge is 0.0929 e. The number of aryl methyl sites for hydroxylation is 1. The van der Waals surface area contributed by atoms with Gasteiger partial charge in [-0.25, -0.2) is 0 Å². The SMILES string of the molecule is CC1=CC2CC2(c2ccccc2C)N=C1. The van der Waals surface area contributed by atoms with Crippen LogP contribution in [0.2, 0.25) is 0 Å². The highest BCUT2D eigenvalue weighted by Gasteiger charge is 2.55. The maximum absolute atomic E-state index is 4.75. The molecule has 2 unspecified atom stereocenters. The number of benzene rings is 1. The monoisotopic (exact) mass is 197 g/mol. The lowest BCUT2D eigenvalue weighted by Crippen LogP contribution is -2.11. The molecule has 76 valence electrons. The van der Waals surface area contributed by atoms with E-state index in [-0.39, 0.29) is 5.54 Å². The number of dihydropyridines is 1. The van der Waals surface area contributed by atoms with E-state index in [0.29, 0.717) is 5.92 Å². The molecule has 2 atom stereocenters. The first-order valence-corrected chi connectivity index (χ1v) is 5.52. The third-order valence-corrected chi connectivity index (χ3v) is 3.56. The molecule has 1 aromatic rings. The van der Waals surface area contributed by atoms with Crippen molar-refractivity contribution in [2.45, 2.75) is 25.8 Å². The van der Waals surface area contributed by atoms with E-state index >= 15 is 0 Å². The highest BCUT2D eigenvalue weighted by molar-refractivity contribution is 5.80. The van der Waals surface area contributed by atoms with Gasteiger partial charge < -0.3 is 0 Å². The van der Waals surface area contributed by atoms with Gasteiger partial charge >= 0.3 is 0 Å². The summed E-state index contributed by atoms with van der Waals surface area (Å²) < 4.78 is 0. The second-order valence-electron chi connectivity index (χ2n) is 4.72. The van der Waals surface area contributed by atoms with E-state index in [9.17, 15) is 0 Å². The highest BCUT2D eigenvalue weighted by atomic mass is 15.0. The van der Waals surface area contributed by atoms with Gasteiger partial charge in [0, 0.05) is 12.1 Å². The third kappa shape index (κ3) is 1.19. The second kappa shape index (κ2) is 2.82. The van der Waals surface area contributed by atoms with Gasteiger partial charge in [0.2, 0.25) is 0 Å². The van der Waals surface area contributed by atoms with Gasteiger partial charge in [-0.3, -0.25) is 4.99 Å². The third-order valence-electron chi connectivity index (χ3n) is 3.56. The average molecular weight is 197 g/mol. The van der Waals surface area contributed by atoms with E-state index in [1.54, 1.807) is 0 Å². The largest absolute Gasteiger partial charge is 0.281 e. The number of rotatable bonds is 1. The minimum Gasteiger partial charge on any atom is -0.281 e. The Morgan fingerprint density at radius 1 is 1.27 bits per heavy atom. The van der Waals surface area contributed by atoms with Gasteiger partial charge in [-0.15, -0.1) is 0 Å². The number of fused-ring (bicyclic) bond motifs is 1. The molecule has 0 bridgehead atoms. The molecular weight excluding hydrogens is 182 g/mol. The summed E-state index contributed by atoms with van der Waals surface area (Å²) >= 11 is 0. The van der Waals surface area contributed by atoms with Crippen molar-refractivity contribution in [2.75, 3.05) is 0 Å². The van der Waals surface area contributed by atoms with Crippen LogP contribution in [0.15, 0.2) is 40.9 Å². The number of hydrogen-bond donors (Lipinski definition) is 0. The van der Waals surface area contributed by atoms with E-state index < -0.39 is 0 Å². The second-order valence-corrected chi connectivity index (χ2v) is 4.72. The summed E-state index contributed by atoms with van der Waals surface area (Å²) in [5.74, 6) is 0.642. The van der Waals surface area contributed by atoms with Crippen LogP contribution < -0.4 is 0 Å². The summed E-state index contributed by atoms with van der Waals surface area (Å²) in [5.41, 5.74) is 4.19. The zero-order valence-corrected chi connectivity index (χ0v) is 9.20. The number of allylic oxidation sites excluding steroid dienone is 1. The van der Waals surface area contributed by atoms with E-state index in [0.717, 1.165) is 0 Å². The van der Waals surface area contributed by atoms with Gasteiger partial charge in [0.15, 0.2) is 0 Å². The first-order chi connectivity index (χ1) is 7.22. The minimum atomic E-state index is 0.102. The van der Waals surface area contributed by atoms with E-state index in [1.165, 1.54) is 23.1 Å². The first-order valence-electron chi connectivity index (χ1n) is 5.52. The van der Waals surface area contributed by atoms with Crippen LogP contribution in [0.4, 0.5) is 0 Å². The van der Waals surface area contributed by atoms with Gasteiger partial charge in [-0.2, -0.15) is 0 Å². The van der Waals surface area contributed by atoms with Crippen molar-refractivity contribution >= 4 is 6.21 Å². The molecule has 0 spiro atoms. The van der Waals surface area contributed by atoms with E-state index in [2.05, 4.69) is 44.2 Å². The van der Waals surface area contributed by atoms with Gasteiger partial charge in [-0.05, 0) is 37.0 Å². The normalized spacial score (nSPS) is 32.1. The standard InChI is InChI=1S/C14H15N/c1-10-7-12-8-14(12,15-9-10)13-6-4-3-5-11(13)2/h3-7,9,12H,8H2,1-2H3. The lowest BCUT2D eigenvalue weighted by molar-refractivity contribution is 0.687. The van der Waals surface area contributed by atoms with Crippen molar-refractivity contribution in [1.29, 1.82) is 0 Å². The summed E-state index contributed by atoms with van der Waals surface area (Å²) in [6.07, 6.45) is 5.57. The number of hydrogen-bond acceptors (Lipinski definition) is 1. The quantitative estimate of drug-likeness (QED) is 0.655. The Bertz CT molecular complexity index is 470. The molecule has 2 aliphatic rings. The molecule has 1 fully saturated rings. The van der Waals surface area contributed by atoms with Crippen molar-refractivity contribution < 1.29 is 0 Å². The highest BCUT2D eigenvalue weighted by Crippen LogP contribution is 2.58. The van der Waals surface area contributed by atoms with Gasteiger partial charge in [0.05, 0.1) is 5.54 Å². The van der Waals surface area contributed by atoms with Gasteiger partial charge in [0.25, 0.3) is 0 Å². The zero-order valence-electron chi connectivity index (χ0n) is 9.20. The number of aliphatic imine (C=N–C) groups is 1. The van der Waals surface area contributed by atoms with Crippen LogP contribution in [0.3, 0.4) is 0 Å². The molecule has 3 rings (SSSR count). The molecule has 0 aromatic heterocycles.